The molecule has 1 heterocycles. The van der Waals surface area contributed by atoms with E-state index in [4.69, 9.17) is 0 Å². The van der Waals surface area contributed by atoms with Crippen molar-refractivity contribution >= 4 is 17.7 Å². The third-order valence-electron chi connectivity index (χ3n) is 3.48. The molecule has 0 aliphatic rings. The zero-order valence-electron chi connectivity index (χ0n) is 13.4. The van der Waals surface area contributed by atoms with Crippen LogP contribution in [-0.2, 0) is 6.54 Å². The molecule has 0 unspecified atom stereocenters. The number of rotatable bonds is 5. The van der Waals surface area contributed by atoms with Gasteiger partial charge >= 0.3 is 5.51 Å². The Labute approximate surface area is 152 Å². The lowest BCUT2D eigenvalue weighted by molar-refractivity contribution is -0.0328. The van der Waals surface area contributed by atoms with E-state index >= 15 is 0 Å². The van der Waals surface area contributed by atoms with Crippen LogP contribution < -0.4 is 5.32 Å². The van der Waals surface area contributed by atoms with Crippen LogP contribution in [0.1, 0.15) is 15.9 Å². The first-order valence-corrected chi connectivity index (χ1v) is 8.45. The fourth-order valence-electron chi connectivity index (χ4n) is 2.32. The maximum Gasteiger partial charge on any atom is 0.446 e. The molecule has 3 aromatic rings. The molecule has 0 bridgehead atoms. The molecule has 26 heavy (non-hydrogen) atoms. The standard InChI is InChI=1S/C18H14F3N3OS/c19-18(20,21)26-16-7-5-14(6-8-16)17(25)22-12-13-3-1-4-15(11-13)24-10-2-9-23-24/h1-11H,12H2,(H,22,25). The molecular formula is C18H14F3N3OS. The summed E-state index contributed by atoms with van der Waals surface area (Å²) < 4.78 is 38.7. The molecule has 0 aliphatic carbocycles. The van der Waals surface area contributed by atoms with E-state index in [1.165, 1.54) is 24.3 Å². The molecular weight excluding hydrogens is 363 g/mol. The smallest absolute Gasteiger partial charge is 0.348 e. The molecule has 1 N–H and O–H groups in total. The SMILES string of the molecule is O=C(NCc1cccc(-n2cccn2)c1)c1ccc(SC(F)(F)F)cc1. The second kappa shape index (κ2) is 7.65. The first kappa shape index (κ1) is 18.1. The summed E-state index contributed by atoms with van der Waals surface area (Å²) in [6.07, 6.45) is 3.49. The quantitative estimate of drug-likeness (QED) is 0.670. The molecule has 0 spiro atoms. The van der Waals surface area contributed by atoms with Crippen LogP contribution in [0.3, 0.4) is 0 Å². The summed E-state index contributed by atoms with van der Waals surface area (Å²) in [5.41, 5.74) is -2.28. The van der Waals surface area contributed by atoms with E-state index in [2.05, 4.69) is 10.4 Å². The third-order valence-corrected chi connectivity index (χ3v) is 4.22. The van der Waals surface area contributed by atoms with Gasteiger partial charge in [-0.3, -0.25) is 4.79 Å². The average molecular weight is 377 g/mol. The number of alkyl halides is 3. The number of benzene rings is 2. The van der Waals surface area contributed by atoms with Crippen molar-refractivity contribution in [2.45, 2.75) is 16.9 Å². The second-order valence-electron chi connectivity index (χ2n) is 5.38. The Bertz CT molecular complexity index is 877. The molecule has 2 aromatic carbocycles. The number of hydrogen-bond acceptors (Lipinski definition) is 3. The number of nitrogens with one attached hydrogen (secondary N) is 1. The van der Waals surface area contributed by atoms with Crippen LogP contribution in [0, 0.1) is 0 Å². The summed E-state index contributed by atoms with van der Waals surface area (Å²) >= 11 is -0.208. The number of halogens is 3. The zero-order valence-corrected chi connectivity index (χ0v) is 14.2. The topological polar surface area (TPSA) is 46.9 Å². The largest absolute Gasteiger partial charge is 0.446 e. The molecule has 0 aliphatic heterocycles. The van der Waals surface area contributed by atoms with Gasteiger partial charge in [0.2, 0.25) is 0 Å². The molecule has 134 valence electrons. The predicted octanol–water partition coefficient (Wildman–Crippen LogP) is 4.41. The van der Waals surface area contributed by atoms with Crippen molar-refractivity contribution in [3.8, 4) is 5.69 Å². The molecule has 4 nitrogen and oxygen atoms in total. The van der Waals surface area contributed by atoms with Gasteiger partial charge in [-0.25, -0.2) is 4.68 Å². The van der Waals surface area contributed by atoms with E-state index in [9.17, 15) is 18.0 Å². The van der Waals surface area contributed by atoms with Crippen molar-refractivity contribution in [2.24, 2.45) is 0 Å². The van der Waals surface area contributed by atoms with Crippen LogP contribution >= 0.6 is 11.8 Å². The Morgan fingerprint density at radius 3 is 2.54 bits per heavy atom. The highest BCUT2D eigenvalue weighted by molar-refractivity contribution is 8.00. The van der Waals surface area contributed by atoms with Crippen LogP contribution in [0.15, 0.2) is 71.9 Å². The molecule has 3 rings (SSSR count). The van der Waals surface area contributed by atoms with Gasteiger partial charge in [-0.1, -0.05) is 12.1 Å². The predicted molar refractivity (Wildman–Crippen MR) is 93.1 cm³/mol. The Morgan fingerprint density at radius 2 is 1.88 bits per heavy atom. The lowest BCUT2D eigenvalue weighted by atomic mass is 10.2. The number of carbonyl (C=O) groups is 1. The van der Waals surface area contributed by atoms with Crippen LogP contribution in [0.5, 0.6) is 0 Å². The van der Waals surface area contributed by atoms with Crippen molar-refractivity contribution < 1.29 is 18.0 Å². The summed E-state index contributed by atoms with van der Waals surface area (Å²) in [6.45, 7) is 0.299. The Balaban J connectivity index is 1.61. The molecule has 1 aromatic heterocycles. The molecule has 8 heteroatoms. The van der Waals surface area contributed by atoms with Gasteiger partial charge in [-0.15, -0.1) is 0 Å². The minimum absolute atomic E-state index is 0.0426. The summed E-state index contributed by atoms with van der Waals surface area (Å²) in [5.74, 6) is -0.349. The maximum absolute atomic E-state index is 12.3. The van der Waals surface area contributed by atoms with E-state index in [1.54, 1.807) is 10.9 Å². The first-order chi connectivity index (χ1) is 12.4. The molecule has 1 amide bonds. The third kappa shape index (κ3) is 4.89. The number of nitrogens with zero attached hydrogens (tertiary/aromatic N) is 2. The summed E-state index contributed by atoms with van der Waals surface area (Å²) in [6, 6.07) is 14.7. The summed E-state index contributed by atoms with van der Waals surface area (Å²) in [7, 11) is 0. The van der Waals surface area contributed by atoms with Crippen molar-refractivity contribution in [3.05, 3.63) is 78.1 Å². The van der Waals surface area contributed by atoms with Crippen molar-refractivity contribution in [3.63, 3.8) is 0 Å². The monoisotopic (exact) mass is 377 g/mol. The lowest BCUT2D eigenvalue weighted by Crippen LogP contribution is -2.22. The van der Waals surface area contributed by atoms with Gasteiger partial charge in [0, 0.05) is 29.4 Å². The number of thioether (sulfide) groups is 1. The van der Waals surface area contributed by atoms with E-state index in [0.29, 0.717) is 12.1 Å². The molecule has 0 fully saturated rings. The van der Waals surface area contributed by atoms with Crippen LogP contribution in [0.25, 0.3) is 5.69 Å². The minimum atomic E-state index is -4.34. The van der Waals surface area contributed by atoms with Gasteiger partial charge in [0.05, 0.1) is 5.69 Å². The Hall–Kier alpha value is -2.74. The first-order valence-electron chi connectivity index (χ1n) is 7.64. The van der Waals surface area contributed by atoms with Crippen molar-refractivity contribution in [1.82, 2.24) is 15.1 Å². The number of carbonyl (C=O) groups excluding carboxylic acids is 1. The number of aromatic nitrogens is 2. The van der Waals surface area contributed by atoms with Crippen molar-refractivity contribution in [1.29, 1.82) is 0 Å². The highest BCUT2D eigenvalue weighted by atomic mass is 32.2. The Morgan fingerprint density at radius 1 is 1.12 bits per heavy atom. The van der Waals surface area contributed by atoms with Crippen molar-refractivity contribution in [2.75, 3.05) is 0 Å². The van der Waals surface area contributed by atoms with Gasteiger partial charge in [0.25, 0.3) is 5.91 Å². The molecule has 0 saturated heterocycles. The van der Waals surface area contributed by atoms with E-state index in [0.717, 1.165) is 11.3 Å². The second-order valence-corrected chi connectivity index (χ2v) is 6.51. The van der Waals surface area contributed by atoms with E-state index < -0.39 is 5.51 Å². The highest BCUT2D eigenvalue weighted by Gasteiger charge is 2.29. The van der Waals surface area contributed by atoms with Gasteiger partial charge < -0.3 is 5.32 Å². The molecule has 0 saturated carbocycles. The zero-order chi connectivity index (χ0) is 18.6. The van der Waals surface area contributed by atoms with Gasteiger partial charge in [0.15, 0.2) is 0 Å². The van der Waals surface area contributed by atoms with Crippen LogP contribution in [-0.4, -0.2) is 21.2 Å². The fourth-order valence-corrected chi connectivity index (χ4v) is 2.86. The van der Waals surface area contributed by atoms with Gasteiger partial charge in [0.1, 0.15) is 0 Å². The number of hydrogen-bond donors (Lipinski definition) is 1. The van der Waals surface area contributed by atoms with Crippen LogP contribution in [0.2, 0.25) is 0 Å². The van der Waals surface area contributed by atoms with Crippen LogP contribution in [0.4, 0.5) is 13.2 Å². The van der Waals surface area contributed by atoms with Gasteiger partial charge in [-0.05, 0) is 59.8 Å². The average Bonchev–Trinajstić information content (AvgIpc) is 3.14. The number of amides is 1. The molecule has 0 atom stereocenters. The Kier molecular flexibility index (Phi) is 5.32. The summed E-state index contributed by atoms with van der Waals surface area (Å²) in [4.78, 5) is 12.2. The molecule has 0 radical (unpaired) electrons. The summed E-state index contributed by atoms with van der Waals surface area (Å²) in [5, 5.41) is 6.91. The van der Waals surface area contributed by atoms with E-state index in [-0.39, 0.29) is 22.6 Å². The lowest BCUT2D eigenvalue weighted by Gasteiger charge is -2.09. The fraction of sp³-hybridized carbons (Fsp3) is 0.111. The minimum Gasteiger partial charge on any atom is -0.348 e. The van der Waals surface area contributed by atoms with E-state index in [1.807, 2.05) is 36.5 Å². The van der Waals surface area contributed by atoms with Gasteiger partial charge in [-0.2, -0.15) is 18.3 Å². The highest BCUT2D eigenvalue weighted by Crippen LogP contribution is 2.36. The maximum atomic E-state index is 12.3. The normalized spacial score (nSPS) is 11.3.